The fourth-order valence-electron chi connectivity index (χ4n) is 2.75. The molecule has 1 aliphatic carbocycles. The van der Waals surface area contributed by atoms with E-state index in [4.69, 9.17) is 4.74 Å². The highest BCUT2D eigenvalue weighted by atomic mass is 19.2. The van der Waals surface area contributed by atoms with Crippen LogP contribution in [0.25, 0.3) is 0 Å². The first-order valence-electron chi connectivity index (χ1n) is 7.19. The zero-order valence-corrected chi connectivity index (χ0v) is 13.4. The quantitative estimate of drug-likeness (QED) is 0.268. The Hall–Kier alpha value is -2.18. The zero-order chi connectivity index (χ0) is 18.3. The molecule has 0 spiro atoms. The van der Waals surface area contributed by atoms with Gasteiger partial charge in [-0.25, -0.2) is 17.6 Å². The summed E-state index contributed by atoms with van der Waals surface area (Å²) in [5.74, 6) is -7.16. The Bertz CT molecular complexity index is 714. The molecule has 3 nitrogen and oxygen atoms in total. The van der Waals surface area contributed by atoms with Gasteiger partial charge in [0.2, 0.25) is 0 Å². The van der Waals surface area contributed by atoms with Gasteiger partial charge in [0.15, 0.2) is 23.3 Å². The highest BCUT2D eigenvalue weighted by molar-refractivity contribution is 5.86. The normalized spacial score (nSPS) is 22.2. The molecule has 1 fully saturated rings. The van der Waals surface area contributed by atoms with E-state index in [9.17, 15) is 27.2 Å². The molecule has 24 heavy (non-hydrogen) atoms. The van der Waals surface area contributed by atoms with Crippen LogP contribution in [0.5, 0.6) is 0 Å². The van der Waals surface area contributed by atoms with Crippen molar-refractivity contribution in [3.8, 4) is 0 Å². The fourth-order valence-corrected chi connectivity index (χ4v) is 2.75. The van der Waals surface area contributed by atoms with Gasteiger partial charge in [0.1, 0.15) is 12.9 Å². The Balaban J connectivity index is 2.24. The molecule has 1 aromatic carbocycles. The van der Waals surface area contributed by atoms with Gasteiger partial charge in [-0.15, -0.1) is 0 Å². The predicted octanol–water partition coefficient (Wildman–Crippen LogP) is 3.85. The van der Waals surface area contributed by atoms with Gasteiger partial charge in [-0.05, 0) is 24.3 Å². The molecule has 0 aliphatic heterocycles. The van der Waals surface area contributed by atoms with Gasteiger partial charge in [-0.1, -0.05) is 19.9 Å². The van der Waals surface area contributed by atoms with E-state index >= 15 is 0 Å². The van der Waals surface area contributed by atoms with E-state index in [1.807, 2.05) is 0 Å². The lowest BCUT2D eigenvalue weighted by Crippen LogP contribution is -2.23. The summed E-state index contributed by atoms with van der Waals surface area (Å²) in [6.07, 6.45) is 2.40. The molecule has 0 saturated heterocycles. The topological polar surface area (TPSA) is 43.4 Å². The lowest BCUT2D eigenvalue weighted by Gasteiger charge is -2.16. The van der Waals surface area contributed by atoms with E-state index < -0.39 is 52.2 Å². The van der Waals surface area contributed by atoms with Crippen LogP contribution >= 0.6 is 0 Å². The molecule has 1 saturated carbocycles. The molecule has 0 radical (unpaired) electrons. The Morgan fingerprint density at radius 3 is 2.12 bits per heavy atom. The maximum Gasteiger partial charge on any atom is 0.316 e. The molecule has 0 N–H and O–H groups in total. The van der Waals surface area contributed by atoms with Crippen LogP contribution < -0.4 is 0 Å². The summed E-state index contributed by atoms with van der Waals surface area (Å²) < 4.78 is 58.4. The molecule has 0 bridgehead atoms. The van der Waals surface area contributed by atoms with Gasteiger partial charge >= 0.3 is 5.97 Å². The maximum atomic E-state index is 13.6. The Morgan fingerprint density at radius 1 is 1.21 bits per heavy atom. The molecule has 7 heteroatoms. The third kappa shape index (κ3) is 2.95. The van der Waals surface area contributed by atoms with Crippen molar-refractivity contribution < 1.29 is 31.9 Å². The summed E-state index contributed by atoms with van der Waals surface area (Å²) in [4.78, 5) is 23.1. The van der Waals surface area contributed by atoms with Crippen molar-refractivity contribution in [2.75, 3.05) is 0 Å². The smallest absolute Gasteiger partial charge is 0.316 e. The number of benzene rings is 1. The summed E-state index contributed by atoms with van der Waals surface area (Å²) in [7, 11) is 0. The minimum Gasteiger partial charge on any atom is -0.460 e. The second-order valence-corrected chi connectivity index (χ2v) is 6.56. The average Bonchev–Trinajstić information content (AvgIpc) is 3.07. The summed E-state index contributed by atoms with van der Waals surface area (Å²) in [6, 6.07) is 0.0810. The first-order valence-corrected chi connectivity index (χ1v) is 7.19. The summed E-state index contributed by atoms with van der Waals surface area (Å²) in [6.45, 7) is 4.10. The predicted molar refractivity (Wildman–Crippen MR) is 76.7 cm³/mol. The number of esters is 1. The molecule has 1 aliphatic rings. The first kappa shape index (κ1) is 18.2. The second kappa shape index (κ2) is 6.03. The average molecular weight is 344 g/mol. The largest absolute Gasteiger partial charge is 0.460 e. The van der Waals surface area contributed by atoms with Gasteiger partial charge < -0.3 is 4.74 Å². The standard InChI is InChI=1S/C17H16F4O3/c1-9(6-22)5-17(8-16(17,2)3)15(23)24-7-10-13(20)11(18)4-12(19)14(10)21/h4-6H,7-8H2,1-3H3. The van der Waals surface area contributed by atoms with E-state index in [0.29, 0.717) is 18.3 Å². The van der Waals surface area contributed by atoms with Crippen molar-refractivity contribution in [2.45, 2.75) is 33.8 Å². The van der Waals surface area contributed by atoms with Crippen molar-refractivity contribution in [3.05, 3.63) is 46.5 Å². The zero-order valence-electron chi connectivity index (χ0n) is 13.4. The van der Waals surface area contributed by atoms with Crippen LogP contribution in [0.15, 0.2) is 17.7 Å². The van der Waals surface area contributed by atoms with Gasteiger partial charge in [0.25, 0.3) is 0 Å². The van der Waals surface area contributed by atoms with E-state index in [0.717, 1.165) is 0 Å². The third-order valence-corrected chi connectivity index (χ3v) is 4.38. The van der Waals surface area contributed by atoms with Crippen LogP contribution in [0.2, 0.25) is 0 Å². The molecular formula is C17H16F4O3. The number of ether oxygens (including phenoxy) is 1. The molecule has 1 unspecified atom stereocenters. The number of halogens is 4. The van der Waals surface area contributed by atoms with Gasteiger partial charge in [0.05, 0.1) is 11.0 Å². The third-order valence-electron chi connectivity index (χ3n) is 4.38. The van der Waals surface area contributed by atoms with Crippen LogP contribution in [0.1, 0.15) is 32.8 Å². The summed E-state index contributed by atoms with van der Waals surface area (Å²) >= 11 is 0. The lowest BCUT2D eigenvalue weighted by molar-refractivity contribution is -0.151. The van der Waals surface area contributed by atoms with E-state index in [1.165, 1.54) is 13.0 Å². The molecule has 0 heterocycles. The summed E-state index contributed by atoms with van der Waals surface area (Å²) in [5, 5.41) is 0. The van der Waals surface area contributed by atoms with Crippen molar-refractivity contribution in [3.63, 3.8) is 0 Å². The number of carbonyl (C=O) groups excluding carboxylic acids is 2. The molecule has 130 valence electrons. The minimum atomic E-state index is -1.61. The number of carbonyl (C=O) groups is 2. The van der Waals surface area contributed by atoms with Gasteiger partial charge in [-0.3, -0.25) is 9.59 Å². The maximum absolute atomic E-state index is 13.6. The van der Waals surface area contributed by atoms with E-state index in [2.05, 4.69) is 0 Å². The van der Waals surface area contributed by atoms with Crippen molar-refractivity contribution in [2.24, 2.45) is 10.8 Å². The lowest BCUT2D eigenvalue weighted by atomic mass is 9.93. The first-order chi connectivity index (χ1) is 11.1. The highest BCUT2D eigenvalue weighted by Crippen LogP contribution is 2.65. The highest BCUT2D eigenvalue weighted by Gasteiger charge is 2.66. The molecule has 1 atom stereocenters. The van der Waals surface area contributed by atoms with Crippen LogP contribution in [0, 0.1) is 34.1 Å². The molecule has 2 rings (SSSR count). The number of aldehydes is 1. The molecular weight excluding hydrogens is 328 g/mol. The number of allylic oxidation sites excluding steroid dienone is 1. The SMILES string of the molecule is CC(C=O)=CC1(C(=O)OCc2c(F)c(F)cc(F)c2F)CC1(C)C. The number of rotatable bonds is 5. The number of hydrogen-bond acceptors (Lipinski definition) is 3. The molecule has 1 aromatic rings. The minimum absolute atomic E-state index is 0.0810. The van der Waals surface area contributed by atoms with Crippen LogP contribution in [-0.2, 0) is 20.9 Å². The van der Waals surface area contributed by atoms with Crippen molar-refractivity contribution in [1.82, 2.24) is 0 Å². The Morgan fingerprint density at radius 2 is 1.71 bits per heavy atom. The van der Waals surface area contributed by atoms with E-state index in [-0.39, 0.29) is 6.07 Å². The molecule has 0 amide bonds. The number of hydrogen-bond donors (Lipinski definition) is 0. The van der Waals surface area contributed by atoms with Crippen LogP contribution in [0.4, 0.5) is 17.6 Å². The van der Waals surface area contributed by atoms with Gasteiger partial charge in [0, 0.05) is 6.07 Å². The monoisotopic (exact) mass is 344 g/mol. The summed E-state index contributed by atoms with van der Waals surface area (Å²) in [5.41, 5.74) is -2.28. The van der Waals surface area contributed by atoms with Gasteiger partial charge in [-0.2, -0.15) is 0 Å². The van der Waals surface area contributed by atoms with Crippen molar-refractivity contribution in [1.29, 1.82) is 0 Å². The Labute approximate surface area is 136 Å². The molecule has 0 aromatic heterocycles. The van der Waals surface area contributed by atoms with Crippen LogP contribution in [-0.4, -0.2) is 12.3 Å². The second-order valence-electron chi connectivity index (χ2n) is 6.56. The van der Waals surface area contributed by atoms with Crippen molar-refractivity contribution >= 4 is 12.3 Å². The van der Waals surface area contributed by atoms with Crippen LogP contribution in [0.3, 0.4) is 0 Å². The van der Waals surface area contributed by atoms with E-state index in [1.54, 1.807) is 13.8 Å². The Kier molecular flexibility index (Phi) is 4.57. The fraction of sp³-hybridized carbons (Fsp3) is 0.412.